The van der Waals surface area contributed by atoms with E-state index < -0.39 is 0 Å². The van der Waals surface area contributed by atoms with Crippen LogP contribution < -0.4 is 11.3 Å². The molecule has 0 aliphatic carbocycles. The van der Waals surface area contributed by atoms with Crippen LogP contribution in [0.4, 0.5) is 5.69 Å². The molecule has 0 bridgehead atoms. The first-order valence-corrected chi connectivity index (χ1v) is 6.38. The van der Waals surface area contributed by atoms with E-state index in [-0.39, 0.29) is 17.4 Å². The first kappa shape index (κ1) is 13.1. The van der Waals surface area contributed by atoms with Gasteiger partial charge in [0, 0.05) is 25.3 Å². The van der Waals surface area contributed by atoms with Gasteiger partial charge in [-0.1, -0.05) is 0 Å². The summed E-state index contributed by atoms with van der Waals surface area (Å²) in [6.07, 6.45) is 1.82. The maximum absolute atomic E-state index is 11.8. The normalized spacial score (nSPS) is 21.4. The van der Waals surface area contributed by atoms with Gasteiger partial charge in [0.05, 0.1) is 24.9 Å². The van der Waals surface area contributed by atoms with Gasteiger partial charge in [0.15, 0.2) is 0 Å². The Morgan fingerprint density at radius 1 is 1.56 bits per heavy atom. The molecule has 100 valence electrons. The van der Waals surface area contributed by atoms with E-state index in [1.54, 1.807) is 22.9 Å². The van der Waals surface area contributed by atoms with E-state index >= 15 is 0 Å². The Labute approximate surface area is 107 Å². The molecule has 1 atom stereocenters. The Hall–Kier alpha value is -1.33. The van der Waals surface area contributed by atoms with E-state index in [1.807, 2.05) is 0 Å². The lowest BCUT2D eigenvalue weighted by atomic mass is 10.2. The average molecular weight is 251 g/mol. The van der Waals surface area contributed by atoms with Gasteiger partial charge in [-0.2, -0.15) is 0 Å². The van der Waals surface area contributed by atoms with Gasteiger partial charge in [-0.05, 0) is 26.0 Å². The molecule has 0 aromatic carbocycles. The smallest absolute Gasteiger partial charge is 0.273 e. The third-order valence-corrected chi connectivity index (χ3v) is 3.35. The number of ether oxygens (including phenoxy) is 1. The molecule has 1 aliphatic heterocycles. The maximum Gasteiger partial charge on any atom is 0.273 e. The predicted molar refractivity (Wildman–Crippen MR) is 71.6 cm³/mol. The number of nitrogens with two attached hydrogens (primary N) is 1. The van der Waals surface area contributed by atoms with E-state index in [1.165, 1.54) is 0 Å². The first-order chi connectivity index (χ1) is 8.58. The van der Waals surface area contributed by atoms with Crippen molar-refractivity contribution >= 4 is 5.69 Å². The van der Waals surface area contributed by atoms with Crippen molar-refractivity contribution < 1.29 is 4.74 Å². The maximum atomic E-state index is 11.8. The number of aromatic nitrogens is 1. The number of nitrogen functional groups attached to an aromatic ring is 1. The lowest BCUT2D eigenvalue weighted by molar-refractivity contribution is -0.0459. The van der Waals surface area contributed by atoms with Crippen molar-refractivity contribution in [3.05, 3.63) is 28.7 Å². The summed E-state index contributed by atoms with van der Waals surface area (Å²) in [6, 6.07) is 3.93. The highest BCUT2D eigenvalue weighted by atomic mass is 16.5. The second kappa shape index (κ2) is 5.54. The largest absolute Gasteiger partial charge is 0.394 e. The SMILES string of the molecule is CC(C)N1CCOC(Cn2cccc(N)c2=O)C1. The molecule has 5 nitrogen and oxygen atoms in total. The van der Waals surface area contributed by atoms with Crippen molar-refractivity contribution in [3.8, 4) is 0 Å². The number of rotatable bonds is 3. The number of hydrogen-bond donors (Lipinski definition) is 1. The molecule has 1 unspecified atom stereocenters. The van der Waals surface area contributed by atoms with Crippen LogP contribution in [0, 0.1) is 0 Å². The van der Waals surface area contributed by atoms with Gasteiger partial charge in [0.2, 0.25) is 0 Å². The van der Waals surface area contributed by atoms with E-state index in [0.717, 1.165) is 19.7 Å². The van der Waals surface area contributed by atoms with Gasteiger partial charge in [0.1, 0.15) is 0 Å². The number of morpholine rings is 1. The highest BCUT2D eigenvalue weighted by Gasteiger charge is 2.22. The summed E-state index contributed by atoms with van der Waals surface area (Å²) in [7, 11) is 0. The zero-order valence-corrected chi connectivity index (χ0v) is 11.0. The van der Waals surface area contributed by atoms with Gasteiger partial charge >= 0.3 is 0 Å². The van der Waals surface area contributed by atoms with Crippen molar-refractivity contribution in [3.63, 3.8) is 0 Å². The monoisotopic (exact) mass is 251 g/mol. The third kappa shape index (κ3) is 2.91. The minimum Gasteiger partial charge on any atom is -0.394 e. The van der Waals surface area contributed by atoms with E-state index in [0.29, 0.717) is 12.6 Å². The van der Waals surface area contributed by atoms with Gasteiger partial charge < -0.3 is 15.0 Å². The van der Waals surface area contributed by atoms with E-state index in [4.69, 9.17) is 10.5 Å². The van der Waals surface area contributed by atoms with E-state index in [9.17, 15) is 4.79 Å². The summed E-state index contributed by atoms with van der Waals surface area (Å²) in [5.41, 5.74) is 5.77. The van der Waals surface area contributed by atoms with Gasteiger partial charge in [0.25, 0.3) is 5.56 Å². The Morgan fingerprint density at radius 2 is 2.33 bits per heavy atom. The minimum atomic E-state index is -0.136. The molecular weight excluding hydrogens is 230 g/mol. The molecule has 0 radical (unpaired) electrons. The van der Waals surface area contributed by atoms with Crippen LogP contribution in [-0.2, 0) is 11.3 Å². The van der Waals surface area contributed by atoms with Gasteiger partial charge in [-0.15, -0.1) is 0 Å². The molecule has 5 heteroatoms. The average Bonchev–Trinajstić information content (AvgIpc) is 2.35. The minimum absolute atomic E-state index is 0.0562. The summed E-state index contributed by atoms with van der Waals surface area (Å²) >= 11 is 0. The van der Waals surface area contributed by atoms with Gasteiger partial charge in [-0.25, -0.2) is 0 Å². The fraction of sp³-hybridized carbons (Fsp3) is 0.615. The van der Waals surface area contributed by atoms with Crippen LogP contribution in [0.2, 0.25) is 0 Å². The summed E-state index contributed by atoms with van der Waals surface area (Å²) in [5.74, 6) is 0. The van der Waals surface area contributed by atoms with Gasteiger partial charge in [-0.3, -0.25) is 9.69 Å². The Morgan fingerprint density at radius 3 is 3.06 bits per heavy atom. The van der Waals surface area contributed by atoms with Crippen LogP contribution in [0.3, 0.4) is 0 Å². The third-order valence-electron chi connectivity index (χ3n) is 3.35. The molecule has 1 aromatic heterocycles. The fourth-order valence-electron chi connectivity index (χ4n) is 2.24. The molecule has 0 saturated carbocycles. The van der Waals surface area contributed by atoms with Crippen molar-refractivity contribution in [1.29, 1.82) is 0 Å². The number of anilines is 1. The van der Waals surface area contributed by atoms with Crippen LogP contribution in [0.5, 0.6) is 0 Å². The highest BCUT2D eigenvalue weighted by Crippen LogP contribution is 2.10. The molecule has 2 heterocycles. The Kier molecular flexibility index (Phi) is 4.04. The van der Waals surface area contributed by atoms with Crippen molar-refractivity contribution in [1.82, 2.24) is 9.47 Å². The van der Waals surface area contributed by atoms with Crippen LogP contribution in [0.15, 0.2) is 23.1 Å². The quantitative estimate of drug-likeness (QED) is 0.852. The molecule has 2 rings (SSSR count). The Bertz CT molecular complexity index is 456. The van der Waals surface area contributed by atoms with Crippen molar-refractivity contribution in [2.24, 2.45) is 0 Å². The lowest BCUT2D eigenvalue weighted by Gasteiger charge is -2.35. The lowest BCUT2D eigenvalue weighted by Crippen LogP contribution is -2.47. The first-order valence-electron chi connectivity index (χ1n) is 6.38. The van der Waals surface area contributed by atoms with Crippen LogP contribution in [-0.4, -0.2) is 41.3 Å². The Balaban J connectivity index is 2.05. The molecular formula is C13H21N3O2. The standard InChI is InChI=1S/C13H21N3O2/c1-10(2)15-6-7-18-11(8-15)9-16-5-3-4-12(14)13(16)17/h3-5,10-11H,6-9,14H2,1-2H3. The zero-order valence-electron chi connectivity index (χ0n) is 11.0. The second-order valence-electron chi connectivity index (χ2n) is 5.00. The molecule has 1 fully saturated rings. The summed E-state index contributed by atoms with van der Waals surface area (Å²) < 4.78 is 7.34. The van der Waals surface area contributed by atoms with Crippen LogP contribution >= 0.6 is 0 Å². The topological polar surface area (TPSA) is 60.5 Å². The van der Waals surface area contributed by atoms with Crippen molar-refractivity contribution in [2.75, 3.05) is 25.4 Å². The summed E-state index contributed by atoms with van der Waals surface area (Å²) in [4.78, 5) is 14.2. The number of hydrogen-bond acceptors (Lipinski definition) is 4. The predicted octanol–water partition coefficient (Wildman–Crippen LogP) is 0.540. The van der Waals surface area contributed by atoms with Crippen LogP contribution in [0.25, 0.3) is 0 Å². The molecule has 2 N–H and O–H groups in total. The second-order valence-corrected chi connectivity index (χ2v) is 5.00. The molecule has 1 aliphatic rings. The van der Waals surface area contributed by atoms with E-state index in [2.05, 4.69) is 18.7 Å². The molecule has 0 spiro atoms. The zero-order chi connectivity index (χ0) is 13.1. The molecule has 1 aromatic rings. The molecule has 18 heavy (non-hydrogen) atoms. The summed E-state index contributed by atoms with van der Waals surface area (Å²) in [5, 5.41) is 0. The van der Waals surface area contributed by atoms with Crippen LogP contribution in [0.1, 0.15) is 13.8 Å². The number of nitrogens with zero attached hydrogens (tertiary/aromatic N) is 2. The summed E-state index contributed by atoms with van der Waals surface area (Å²) in [6.45, 7) is 7.45. The fourth-order valence-corrected chi connectivity index (χ4v) is 2.24. The highest BCUT2D eigenvalue weighted by molar-refractivity contribution is 5.33. The molecule has 0 amide bonds. The van der Waals surface area contributed by atoms with Crippen molar-refractivity contribution in [2.45, 2.75) is 32.5 Å². The number of pyridine rings is 1. The molecule has 1 saturated heterocycles.